The van der Waals surface area contributed by atoms with Crippen LogP contribution in [0.2, 0.25) is 0 Å². The van der Waals surface area contributed by atoms with Crippen molar-refractivity contribution in [1.29, 1.82) is 0 Å². The Bertz CT molecular complexity index is 399. The molecular weight excluding hydrogens is 246 g/mol. The molecule has 1 aliphatic rings. The topological polar surface area (TPSA) is 41.3 Å². The summed E-state index contributed by atoms with van der Waals surface area (Å²) in [4.78, 5) is 2.13. The number of nitrogens with zero attached hydrogens (tertiary/aromatic N) is 1. The number of hydrogen-bond acceptors (Lipinski definition) is 3. The number of benzene rings is 1. The van der Waals surface area contributed by atoms with Crippen molar-refractivity contribution in [2.75, 3.05) is 19.0 Å². The molecule has 1 aromatic carbocycles. The second-order valence-electron chi connectivity index (χ2n) is 6.33. The summed E-state index contributed by atoms with van der Waals surface area (Å²) >= 11 is 0. The summed E-state index contributed by atoms with van der Waals surface area (Å²) in [6, 6.07) is 9.09. The summed E-state index contributed by atoms with van der Waals surface area (Å²) < 4.78 is 0. The van der Waals surface area contributed by atoms with Gasteiger partial charge in [-0.25, -0.2) is 0 Å². The number of rotatable bonds is 5. The van der Waals surface area contributed by atoms with Crippen molar-refractivity contribution in [2.45, 2.75) is 45.1 Å². The van der Waals surface area contributed by atoms with Crippen LogP contribution in [0.4, 0.5) is 5.69 Å². The maximum absolute atomic E-state index is 5.86. The van der Waals surface area contributed by atoms with E-state index in [4.69, 9.17) is 5.84 Å². The fraction of sp³-hybridized carbons (Fsp3) is 0.647. The molecule has 1 aromatic rings. The predicted molar refractivity (Wildman–Crippen MR) is 86.6 cm³/mol. The molecule has 0 bridgehead atoms. The maximum Gasteiger partial charge on any atom is 0.0488 e. The van der Waals surface area contributed by atoms with Gasteiger partial charge < -0.3 is 4.90 Å². The lowest BCUT2D eigenvalue weighted by Gasteiger charge is -2.34. The van der Waals surface area contributed by atoms with Crippen LogP contribution >= 0.6 is 0 Å². The van der Waals surface area contributed by atoms with Crippen LogP contribution in [0.5, 0.6) is 0 Å². The summed E-state index contributed by atoms with van der Waals surface area (Å²) in [7, 11) is 4.14. The second kappa shape index (κ2) is 7.09. The first kappa shape index (κ1) is 15.3. The highest BCUT2D eigenvalue weighted by Crippen LogP contribution is 2.38. The number of anilines is 1. The first-order chi connectivity index (χ1) is 9.65. The highest BCUT2D eigenvalue weighted by molar-refractivity contribution is 5.46. The first-order valence-electron chi connectivity index (χ1n) is 7.89. The fourth-order valence-corrected chi connectivity index (χ4v) is 3.49. The molecule has 2 rings (SSSR count). The highest BCUT2D eigenvalue weighted by atomic mass is 15.2. The Morgan fingerprint density at radius 3 is 2.50 bits per heavy atom. The smallest absolute Gasteiger partial charge is 0.0488 e. The van der Waals surface area contributed by atoms with E-state index in [1.54, 1.807) is 0 Å². The largest absolute Gasteiger partial charge is 0.378 e. The van der Waals surface area contributed by atoms with Gasteiger partial charge in [0.1, 0.15) is 0 Å². The van der Waals surface area contributed by atoms with Gasteiger partial charge in [-0.15, -0.1) is 0 Å². The number of hydrazine groups is 1. The Morgan fingerprint density at radius 2 is 1.95 bits per heavy atom. The van der Waals surface area contributed by atoms with Crippen LogP contribution < -0.4 is 16.2 Å². The maximum atomic E-state index is 5.86. The van der Waals surface area contributed by atoms with Gasteiger partial charge in [-0.2, -0.15) is 0 Å². The molecule has 0 aromatic heterocycles. The lowest BCUT2D eigenvalue weighted by atomic mass is 9.75. The zero-order valence-electron chi connectivity index (χ0n) is 13.1. The van der Waals surface area contributed by atoms with Crippen LogP contribution in [0.15, 0.2) is 24.3 Å². The van der Waals surface area contributed by atoms with E-state index >= 15 is 0 Å². The van der Waals surface area contributed by atoms with Gasteiger partial charge in [0.15, 0.2) is 0 Å². The van der Waals surface area contributed by atoms with Crippen molar-refractivity contribution in [3.05, 3.63) is 29.8 Å². The second-order valence-corrected chi connectivity index (χ2v) is 6.33. The summed E-state index contributed by atoms with van der Waals surface area (Å²) in [5.41, 5.74) is 5.62. The normalized spacial score (nSPS) is 24.4. The standard InChI is InChI=1S/C17H29N3/c1-4-13-6-5-7-15(12-13)17(19-18)14-8-10-16(11-9-14)20(2)3/h8-11,13,15,17,19H,4-7,12,18H2,1-3H3. The number of hydrogen-bond donors (Lipinski definition) is 2. The van der Waals surface area contributed by atoms with E-state index in [-0.39, 0.29) is 0 Å². The lowest BCUT2D eigenvalue weighted by molar-refractivity contribution is 0.210. The Morgan fingerprint density at radius 1 is 1.25 bits per heavy atom. The highest BCUT2D eigenvalue weighted by Gasteiger charge is 2.28. The molecule has 1 aliphatic carbocycles. The third-order valence-corrected chi connectivity index (χ3v) is 4.82. The monoisotopic (exact) mass is 275 g/mol. The minimum atomic E-state index is 0.292. The van der Waals surface area contributed by atoms with Crippen LogP contribution in [0.1, 0.15) is 50.6 Å². The first-order valence-corrected chi connectivity index (χ1v) is 7.89. The molecule has 0 saturated heterocycles. The van der Waals surface area contributed by atoms with Gasteiger partial charge in [0, 0.05) is 25.8 Å². The Hall–Kier alpha value is -1.06. The van der Waals surface area contributed by atoms with E-state index < -0.39 is 0 Å². The molecule has 20 heavy (non-hydrogen) atoms. The number of nitrogens with one attached hydrogen (secondary N) is 1. The summed E-state index contributed by atoms with van der Waals surface area (Å²) in [6.45, 7) is 2.31. The molecule has 3 nitrogen and oxygen atoms in total. The van der Waals surface area contributed by atoms with Crippen molar-refractivity contribution in [2.24, 2.45) is 17.7 Å². The van der Waals surface area contributed by atoms with Gasteiger partial charge in [0.2, 0.25) is 0 Å². The predicted octanol–water partition coefficient (Wildman–Crippen LogP) is 3.47. The molecule has 0 amide bonds. The zero-order chi connectivity index (χ0) is 14.5. The van der Waals surface area contributed by atoms with Crippen molar-refractivity contribution in [3.8, 4) is 0 Å². The van der Waals surface area contributed by atoms with E-state index in [2.05, 4.69) is 55.6 Å². The van der Waals surface area contributed by atoms with Gasteiger partial charge in [-0.3, -0.25) is 11.3 Å². The average Bonchev–Trinajstić information content (AvgIpc) is 2.49. The SMILES string of the molecule is CCC1CCCC(C(NN)c2ccc(N(C)C)cc2)C1. The van der Waals surface area contributed by atoms with Crippen LogP contribution in [0.25, 0.3) is 0 Å². The molecule has 0 aliphatic heterocycles. The van der Waals surface area contributed by atoms with Crippen LogP contribution in [-0.2, 0) is 0 Å². The third kappa shape index (κ3) is 3.53. The molecule has 3 unspecified atom stereocenters. The van der Waals surface area contributed by atoms with Gasteiger partial charge >= 0.3 is 0 Å². The third-order valence-electron chi connectivity index (χ3n) is 4.82. The van der Waals surface area contributed by atoms with E-state index in [9.17, 15) is 0 Å². The van der Waals surface area contributed by atoms with Gasteiger partial charge in [-0.1, -0.05) is 38.3 Å². The molecule has 0 radical (unpaired) electrons. The minimum Gasteiger partial charge on any atom is -0.378 e. The van der Waals surface area contributed by atoms with Crippen molar-refractivity contribution >= 4 is 5.69 Å². The molecule has 1 fully saturated rings. The van der Waals surface area contributed by atoms with Gasteiger partial charge in [0.25, 0.3) is 0 Å². The van der Waals surface area contributed by atoms with E-state index in [1.807, 2.05) is 0 Å². The van der Waals surface area contributed by atoms with E-state index in [0.29, 0.717) is 12.0 Å². The van der Waals surface area contributed by atoms with Crippen molar-refractivity contribution < 1.29 is 0 Å². The molecule has 3 N–H and O–H groups in total. The minimum absolute atomic E-state index is 0.292. The molecule has 1 saturated carbocycles. The molecular formula is C17H29N3. The summed E-state index contributed by atoms with van der Waals surface area (Å²) in [5.74, 6) is 7.41. The van der Waals surface area contributed by atoms with E-state index in [1.165, 1.54) is 43.4 Å². The van der Waals surface area contributed by atoms with Gasteiger partial charge in [0.05, 0.1) is 0 Å². The zero-order valence-corrected chi connectivity index (χ0v) is 13.1. The summed E-state index contributed by atoms with van der Waals surface area (Å²) in [5, 5.41) is 0. The van der Waals surface area contributed by atoms with Crippen LogP contribution in [-0.4, -0.2) is 14.1 Å². The van der Waals surface area contributed by atoms with Crippen LogP contribution in [0.3, 0.4) is 0 Å². The Balaban J connectivity index is 2.10. The van der Waals surface area contributed by atoms with E-state index in [0.717, 1.165) is 5.92 Å². The fourth-order valence-electron chi connectivity index (χ4n) is 3.49. The average molecular weight is 275 g/mol. The van der Waals surface area contributed by atoms with Gasteiger partial charge in [-0.05, 0) is 42.4 Å². The molecule has 0 heterocycles. The Labute approximate surface area is 123 Å². The molecule has 0 spiro atoms. The molecule has 3 atom stereocenters. The lowest BCUT2D eigenvalue weighted by Crippen LogP contribution is -2.35. The molecule has 112 valence electrons. The molecule has 3 heteroatoms. The summed E-state index contributed by atoms with van der Waals surface area (Å²) in [6.07, 6.45) is 6.63. The number of nitrogens with two attached hydrogens (primary N) is 1. The quantitative estimate of drug-likeness (QED) is 0.638. The van der Waals surface area contributed by atoms with Crippen LogP contribution in [0, 0.1) is 11.8 Å². The van der Waals surface area contributed by atoms with Crippen molar-refractivity contribution in [3.63, 3.8) is 0 Å². The Kier molecular flexibility index (Phi) is 5.44. The van der Waals surface area contributed by atoms with Crippen molar-refractivity contribution in [1.82, 2.24) is 5.43 Å².